The first kappa shape index (κ1) is 13.9. The third-order valence-electron chi connectivity index (χ3n) is 4.65. The molecule has 0 aromatic heterocycles. The van der Waals surface area contributed by atoms with E-state index in [9.17, 15) is 18.0 Å². The van der Waals surface area contributed by atoms with Crippen LogP contribution >= 0.6 is 0 Å². The predicted octanol–water partition coefficient (Wildman–Crippen LogP) is -0.213. The third-order valence-corrected chi connectivity index (χ3v) is 6.91. The van der Waals surface area contributed by atoms with Gasteiger partial charge in [0.15, 0.2) is 9.84 Å². The van der Waals surface area contributed by atoms with Crippen LogP contribution in [0.3, 0.4) is 0 Å². The number of sulfone groups is 1. The van der Waals surface area contributed by atoms with Crippen LogP contribution in [0, 0.1) is 0 Å². The van der Waals surface area contributed by atoms with Gasteiger partial charge in [-0.25, -0.2) is 8.42 Å². The Bertz CT molecular complexity index is 530. The second-order valence-corrected chi connectivity index (χ2v) is 8.31. The van der Waals surface area contributed by atoms with Crippen LogP contribution in [-0.4, -0.2) is 66.7 Å². The highest BCUT2D eigenvalue weighted by atomic mass is 32.2. The van der Waals surface area contributed by atoms with Crippen LogP contribution in [0.4, 0.5) is 0 Å². The van der Waals surface area contributed by atoms with Gasteiger partial charge in [0.1, 0.15) is 6.04 Å². The smallest absolute Gasteiger partial charge is 0.245 e. The van der Waals surface area contributed by atoms with E-state index in [1.165, 1.54) is 0 Å². The van der Waals surface area contributed by atoms with Crippen molar-refractivity contribution < 1.29 is 18.0 Å². The molecule has 3 aliphatic heterocycles. The number of nitrogens with zero attached hydrogens (tertiary/aromatic N) is 2. The molecule has 0 saturated carbocycles. The van der Waals surface area contributed by atoms with Crippen molar-refractivity contribution in [2.45, 2.75) is 43.4 Å². The number of hydrogen-bond acceptors (Lipinski definition) is 4. The molecule has 2 amide bonds. The van der Waals surface area contributed by atoms with E-state index in [1.54, 1.807) is 9.80 Å². The Morgan fingerprint density at radius 1 is 1.10 bits per heavy atom. The molecule has 0 aromatic carbocycles. The van der Waals surface area contributed by atoms with Crippen molar-refractivity contribution in [3.05, 3.63) is 0 Å². The summed E-state index contributed by atoms with van der Waals surface area (Å²) in [6.45, 7) is 1.28. The van der Waals surface area contributed by atoms with Crippen LogP contribution in [0.15, 0.2) is 0 Å². The molecule has 0 N–H and O–H groups in total. The van der Waals surface area contributed by atoms with Crippen LogP contribution < -0.4 is 0 Å². The first-order chi connectivity index (χ1) is 9.49. The highest BCUT2D eigenvalue weighted by Gasteiger charge is 2.41. The molecule has 2 atom stereocenters. The fourth-order valence-electron chi connectivity index (χ4n) is 3.51. The van der Waals surface area contributed by atoms with Crippen LogP contribution in [0.1, 0.15) is 32.1 Å². The Balaban J connectivity index is 1.76. The summed E-state index contributed by atoms with van der Waals surface area (Å²) in [5, 5.41) is -0.436. The molecule has 3 saturated heterocycles. The van der Waals surface area contributed by atoms with Crippen molar-refractivity contribution in [3.63, 3.8) is 0 Å². The lowest BCUT2D eigenvalue weighted by atomic mass is 10.2. The van der Waals surface area contributed by atoms with Gasteiger partial charge in [-0.15, -0.1) is 0 Å². The van der Waals surface area contributed by atoms with Gasteiger partial charge in [-0.1, -0.05) is 0 Å². The van der Waals surface area contributed by atoms with E-state index in [4.69, 9.17) is 0 Å². The monoisotopic (exact) mass is 300 g/mol. The average Bonchev–Trinajstić information content (AvgIpc) is 2.97. The maximum Gasteiger partial charge on any atom is 0.245 e. The molecule has 7 heteroatoms. The molecule has 6 nitrogen and oxygen atoms in total. The van der Waals surface area contributed by atoms with Gasteiger partial charge in [0.2, 0.25) is 11.8 Å². The van der Waals surface area contributed by atoms with Gasteiger partial charge >= 0.3 is 0 Å². The molecule has 0 spiro atoms. The lowest BCUT2D eigenvalue weighted by Gasteiger charge is -2.27. The predicted molar refractivity (Wildman–Crippen MR) is 72.7 cm³/mol. The largest absolute Gasteiger partial charge is 0.339 e. The SMILES string of the molecule is O=C1C2CCCN2C(=O)CCN1CC1CCCS1(=O)=O. The van der Waals surface area contributed by atoms with Crippen molar-refractivity contribution in [3.8, 4) is 0 Å². The Morgan fingerprint density at radius 2 is 1.90 bits per heavy atom. The van der Waals surface area contributed by atoms with E-state index in [2.05, 4.69) is 0 Å². The van der Waals surface area contributed by atoms with Gasteiger partial charge in [-0.2, -0.15) is 0 Å². The summed E-state index contributed by atoms with van der Waals surface area (Å²) in [6.07, 6.45) is 3.20. The second-order valence-electron chi connectivity index (χ2n) is 5.91. The van der Waals surface area contributed by atoms with Crippen LogP contribution in [0.5, 0.6) is 0 Å². The minimum absolute atomic E-state index is 0.0256. The minimum atomic E-state index is -3.05. The molecule has 0 bridgehead atoms. The summed E-state index contributed by atoms with van der Waals surface area (Å²) < 4.78 is 23.8. The molecule has 3 heterocycles. The lowest BCUT2D eigenvalue weighted by Crippen LogP contribution is -2.46. The van der Waals surface area contributed by atoms with Crippen molar-refractivity contribution >= 4 is 21.7 Å². The Labute approximate surface area is 119 Å². The molecule has 20 heavy (non-hydrogen) atoms. The first-order valence-corrected chi connectivity index (χ1v) is 9.00. The molecule has 0 aliphatic carbocycles. The standard InChI is InChI=1S/C13H20N2O4S/c16-12-5-7-14(9-10-3-2-8-20(10,18)19)13(17)11-4-1-6-15(11)12/h10-11H,1-9H2. The maximum absolute atomic E-state index is 12.5. The van der Waals surface area contributed by atoms with Crippen molar-refractivity contribution in [2.24, 2.45) is 0 Å². The maximum atomic E-state index is 12.5. The van der Waals surface area contributed by atoms with E-state index < -0.39 is 15.1 Å². The number of carbonyl (C=O) groups excluding carboxylic acids is 2. The fourth-order valence-corrected chi connectivity index (χ4v) is 5.34. The van der Waals surface area contributed by atoms with Gasteiger partial charge < -0.3 is 9.80 Å². The number of amides is 2. The third kappa shape index (κ3) is 2.32. The molecule has 0 radical (unpaired) electrons. The number of carbonyl (C=O) groups is 2. The Hall–Kier alpha value is -1.11. The van der Waals surface area contributed by atoms with Gasteiger partial charge in [0.25, 0.3) is 0 Å². The summed E-state index contributed by atoms with van der Waals surface area (Å²) >= 11 is 0. The van der Waals surface area contributed by atoms with Gasteiger partial charge in [0, 0.05) is 26.1 Å². The molecule has 3 rings (SSSR count). The van der Waals surface area contributed by atoms with Gasteiger partial charge in [-0.3, -0.25) is 9.59 Å². The topological polar surface area (TPSA) is 74.8 Å². The van der Waals surface area contributed by atoms with Crippen LogP contribution in [0.2, 0.25) is 0 Å². The molecule has 0 aromatic rings. The minimum Gasteiger partial charge on any atom is -0.339 e. The second kappa shape index (κ2) is 5.02. The molecular weight excluding hydrogens is 280 g/mol. The summed E-state index contributed by atoms with van der Waals surface area (Å²) in [6, 6.07) is -0.353. The molecule has 112 valence electrons. The molecular formula is C13H20N2O4S. The first-order valence-electron chi connectivity index (χ1n) is 7.29. The van der Waals surface area contributed by atoms with E-state index >= 15 is 0 Å². The highest BCUT2D eigenvalue weighted by Crippen LogP contribution is 2.26. The number of fused-ring (bicyclic) bond motifs is 1. The van der Waals surface area contributed by atoms with Crippen LogP contribution in [0.25, 0.3) is 0 Å². The molecule has 3 fully saturated rings. The fraction of sp³-hybridized carbons (Fsp3) is 0.846. The zero-order valence-corrected chi connectivity index (χ0v) is 12.3. The summed E-state index contributed by atoms with van der Waals surface area (Å²) in [7, 11) is -3.05. The summed E-state index contributed by atoms with van der Waals surface area (Å²) in [5.74, 6) is 0.196. The van der Waals surface area contributed by atoms with E-state index in [1.807, 2.05) is 0 Å². The molecule has 2 unspecified atom stereocenters. The van der Waals surface area contributed by atoms with Crippen molar-refractivity contribution in [1.29, 1.82) is 0 Å². The molecule has 3 aliphatic rings. The highest BCUT2D eigenvalue weighted by molar-refractivity contribution is 7.92. The van der Waals surface area contributed by atoms with E-state index in [0.29, 0.717) is 38.8 Å². The zero-order valence-electron chi connectivity index (χ0n) is 11.5. The van der Waals surface area contributed by atoms with Crippen molar-refractivity contribution in [2.75, 3.05) is 25.4 Å². The Kier molecular flexibility index (Phi) is 3.48. The summed E-state index contributed by atoms with van der Waals surface area (Å²) in [5.41, 5.74) is 0. The summed E-state index contributed by atoms with van der Waals surface area (Å²) in [4.78, 5) is 27.8. The average molecular weight is 300 g/mol. The Morgan fingerprint density at radius 3 is 2.60 bits per heavy atom. The normalized spacial score (nSPS) is 33.4. The van der Waals surface area contributed by atoms with Gasteiger partial charge in [-0.05, 0) is 25.7 Å². The van der Waals surface area contributed by atoms with Crippen LogP contribution in [-0.2, 0) is 19.4 Å². The van der Waals surface area contributed by atoms with E-state index in [-0.39, 0.29) is 30.2 Å². The number of rotatable bonds is 2. The quantitative estimate of drug-likeness (QED) is 0.707. The number of hydrogen-bond donors (Lipinski definition) is 0. The zero-order chi connectivity index (χ0) is 14.3. The van der Waals surface area contributed by atoms with Crippen molar-refractivity contribution in [1.82, 2.24) is 9.80 Å². The lowest BCUT2D eigenvalue weighted by molar-refractivity contribution is -0.139. The van der Waals surface area contributed by atoms with Gasteiger partial charge in [0.05, 0.1) is 11.0 Å². The van der Waals surface area contributed by atoms with E-state index in [0.717, 1.165) is 6.42 Å².